The van der Waals surface area contributed by atoms with Gasteiger partial charge in [-0.25, -0.2) is 9.97 Å². The highest BCUT2D eigenvalue weighted by atomic mass is 32.2. The number of hydrogen-bond donors (Lipinski definition) is 4. The van der Waals surface area contributed by atoms with Crippen LogP contribution >= 0.6 is 11.8 Å². The second kappa shape index (κ2) is 8.94. The second-order valence-electron chi connectivity index (χ2n) is 6.87. The zero-order valence-electron chi connectivity index (χ0n) is 16.8. The van der Waals surface area contributed by atoms with Gasteiger partial charge in [-0.15, -0.1) is 0 Å². The van der Waals surface area contributed by atoms with Crippen molar-refractivity contribution in [1.82, 2.24) is 15.3 Å². The predicted octanol–water partition coefficient (Wildman–Crippen LogP) is 3.10. The van der Waals surface area contributed by atoms with Crippen LogP contribution in [-0.2, 0) is 6.54 Å². The average molecular weight is 446 g/mol. The zero-order valence-corrected chi connectivity index (χ0v) is 17.6. The van der Waals surface area contributed by atoms with Gasteiger partial charge in [0.1, 0.15) is 10.8 Å². The number of amides is 2. The smallest absolute Gasteiger partial charge is 0.274 e. The maximum Gasteiger partial charge on any atom is 0.274 e. The van der Waals surface area contributed by atoms with E-state index in [0.717, 1.165) is 22.5 Å². The predicted molar refractivity (Wildman–Crippen MR) is 122 cm³/mol. The van der Waals surface area contributed by atoms with Crippen LogP contribution in [0.4, 0.5) is 5.82 Å². The van der Waals surface area contributed by atoms with E-state index in [4.69, 9.17) is 11.5 Å². The van der Waals surface area contributed by atoms with Gasteiger partial charge in [-0.05, 0) is 29.0 Å². The molecule has 160 valence electrons. The molecule has 0 atom stereocenters. The van der Waals surface area contributed by atoms with Gasteiger partial charge in [0.25, 0.3) is 5.91 Å². The Balaban J connectivity index is 1.57. The number of anilines is 1. The van der Waals surface area contributed by atoms with Gasteiger partial charge in [0.05, 0.1) is 11.8 Å². The molecule has 2 amide bonds. The number of nitrogens with one attached hydrogen (secondary N) is 1. The Labute approximate surface area is 187 Å². The van der Waals surface area contributed by atoms with Gasteiger partial charge in [-0.3, -0.25) is 9.59 Å². The van der Waals surface area contributed by atoms with Crippen LogP contribution in [0.1, 0.15) is 26.4 Å². The Kier molecular flexibility index (Phi) is 5.91. The number of benzene rings is 3. The van der Waals surface area contributed by atoms with Crippen LogP contribution in [-0.4, -0.2) is 26.9 Å². The normalized spacial score (nSPS) is 10.8. The molecule has 8 nitrogen and oxygen atoms in total. The van der Waals surface area contributed by atoms with Gasteiger partial charge in [0.15, 0.2) is 11.5 Å². The topological polar surface area (TPSA) is 144 Å². The van der Waals surface area contributed by atoms with E-state index in [1.807, 2.05) is 30.3 Å². The second-order valence-corrected chi connectivity index (χ2v) is 7.93. The average Bonchev–Trinajstić information content (AvgIpc) is 2.79. The number of primary amides is 1. The quantitative estimate of drug-likeness (QED) is 0.357. The lowest BCUT2D eigenvalue weighted by molar-refractivity contribution is 0.0944. The maximum absolute atomic E-state index is 12.8. The van der Waals surface area contributed by atoms with E-state index in [-0.39, 0.29) is 23.8 Å². The molecule has 0 spiro atoms. The van der Waals surface area contributed by atoms with E-state index < -0.39 is 11.8 Å². The largest absolute Gasteiger partial charge is 0.508 e. The number of aromatic hydroxyl groups is 1. The van der Waals surface area contributed by atoms with E-state index in [2.05, 4.69) is 15.3 Å². The summed E-state index contributed by atoms with van der Waals surface area (Å²) >= 11 is 1.15. The molecule has 0 saturated carbocycles. The lowest BCUT2D eigenvalue weighted by Crippen LogP contribution is -2.25. The molecule has 4 aromatic rings. The molecule has 0 aliphatic heterocycles. The SMILES string of the molecule is NC(=O)c1ccccc1Sc1cnc(N)c(C(=O)NCc2c(O)ccc3ccccc23)n1. The first-order valence-electron chi connectivity index (χ1n) is 9.61. The molecule has 6 N–H and O–H groups in total. The molecule has 9 heteroatoms. The van der Waals surface area contributed by atoms with Crippen LogP contribution in [0.15, 0.2) is 76.8 Å². The third-order valence-corrected chi connectivity index (χ3v) is 5.78. The van der Waals surface area contributed by atoms with E-state index in [0.29, 0.717) is 21.0 Å². The monoisotopic (exact) mass is 445 g/mol. The van der Waals surface area contributed by atoms with Crippen molar-refractivity contribution < 1.29 is 14.7 Å². The van der Waals surface area contributed by atoms with Crippen molar-refractivity contribution in [3.63, 3.8) is 0 Å². The van der Waals surface area contributed by atoms with Gasteiger partial charge in [0.2, 0.25) is 5.91 Å². The first kappa shape index (κ1) is 21.1. The summed E-state index contributed by atoms with van der Waals surface area (Å²) in [5.74, 6) is -1.05. The van der Waals surface area contributed by atoms with E-state index in [1.54, 1.807) is 30.3 Å². The fraction of sp³-hybridized carbons (Fsp3) is 0.0435. The minimum Gasteiger partial charge on any atom is -0.508 e. The Bertz CT molecular complexity index is 1340. The van der Waals surface area contributed by atoms with Crippen LogP contribution < -0.4 is 16.8 Å². The van der Waals surface area contributed by atoms with Crippen molar-refractivity contribution >= 4 is 40.2 Å². The van der Waals surface area contributed by atoms with Gasteiger partial charge >= 0.3 is 0 Å². The molecule has 0 aliphatic rings. The highest BCUT2D eigenvalue weighted by Crippen LogP contribution is 2.30. The number of carbonyl (C=O) groups is 2. The van der Waals surface area contributed by atoms with Gasteiger partial charge in [-0.1, -0.05) is 54.2 Å². The molecule has 0 fully saturated rings. The number of hydrogen-bond acceptors (Lipinski definition) is 7. The standard InChI is InChI=1S/C23H19N5O3S/c24-21-20(28-19(12-26-21)32-18-8-4-3-7-15(18)22(25)30)23(31)27-11-16-14-6-2-1-5-13(14)9-10-17(16)29/h1-10,12,29H,11H2,(H2,24,26)(H2,25,30)(H,27,31). The van der Waals surface area contributed by atoms with E-state index >= 15 is 0 Å². The first-order chi connectivity index (χ1) is 15.4. The third-order valence-electron chi connectivity index (χ3n) is 4.80. The van der Waals surface area contributed by atoms with Crippen molar-refractivity contribution in [1.29, 1.82) is 0 Å². The molecule has 0 bridgehead atoms. The van der Waals surface area contributed by atoms with Crippen molar-refractivity contribution in [3.8, 4) is 5.75 Å². The minimum atomic E-state index is -0.565. The Morgan fingerprint density at radius 3 is 2.59 bits per heavy atom. The molecule has 0 saturated heterocycles. The van der Waals surface area contributed by atoms with Gasteiger partial charge in [0, 0.05) is 17.0 Å². The summed E-state index contributed by atoms with van der Waals surface area (Å²) < 4.78 is 0. The highest BCUT2D eigenvalue weighted by Gasteiger charge is 2.17. The fourth-order valence-corrected chi connectivity index (χ4v) is 4.13. The fourth-order valence-electron chi connectivity index (χ4n) is 3.23. The summed E-state index contributed by atoms with van der Waals surface area (Å²) in [6.45, 7) is 0.0784. The Morgan fingerprint density at radius 2 is 1.78 bits per heavy atom. The Hall–Kier alpha value is -4.11. The number of nitrogens with two attached hydrogens (primary N) is 2. The molecule has 0 radical (unpaired) electrons. The summed E-state index contributed by atoms with van der Waals surface area (Å²) in [6, 6.07) is 17.8. The van der Waals surface area contributed by atoms with E-state index in [9.17, 15) is 14.7 Å². The highest BCUT2D eigenvalue weighted by molar-refractivity contribution is 7.99. The van der Waals surface area contributed by atoms with Crippen molar-refractivity contribution in [3.05, 3.63) is 83.7 Å². The summed E-state index contributed by atoms with van der Waals surface area (Å²) in [5, 5.41) is 15.2. The van der Waals surface area contributed by atoms with Gasteiger partial charge in [-0.2, -0.15) is 0 Å². The zero-order chi connectivity index (χ0) is 22.7. The molecule has 32 heavy (non-hydrogen) atoms. The summed E-state index contributed by atoms with van der Waals surface area (Å²) in [6.07, 6.45) is 1.42. The number of fused-ring (bicyclic) bond motifs is 1. The molecule has 3 aromatic carbocycles. The van der Waals surface area contributed by atoms with Crippen LogP contribution in [0.5, 0.6) is 5.75 Å². The number of rotatable bonds is 6. The van der Waals surface area contributed by atoms with E-state index in [1.165, 1.54) is 6.20 Å². The van der Waals surface area contributed by atoms with Crippen molar-refractivity contribution in [2.24, 2.45) is 5.73 Å². The van der Waals surface area contributed by atoms with Crippen molar-refractivity contribution in [2.75, 3.05) is 5.73 Å². The minimum absolute atomic E-state index is 0.0304. The maximum atomic E-state index is 12.8. The number of aromatic nitrogens is 2. The molecule has 0 aliphatic carbocycles. The third kappa shape index (κ3) is 4.33. The molecular formula is C23H19N5O3S. The molecule has 1 aromatic heterocycles. The number of carbonyl (C=O) groups excluding carboxylic acids is 2. The summed E-state index contributed by atoms with van der Waals surface area (Å²) in [5.41, 5.74) is 12.2. The van der Waals surface area contributed by atoms with Crippen molar-refractivity contribution in [2.45, 2.75) is 16.5 Å². The molecule has 4 rings (SSSR count). The lowest BCUT2D eigenvalue weighted by Gasteiger charge is -2.12. The molecular weight excluding hydrogens is 426 g/mol. The van der Waals surface area contributed by atoms with Crippen LogP contribution in [0.25, 0.3) is 10.8 Å². The molecule has 1 heterocycles. The number of nitrogen functional groups attached to an aromatic ring is 1. The number of nitrogens with zero attached hydrogens (tertiary/aromatic N) is 2. The summed E-state index contributed by atoms with van der Waals surface area (Å²) in [4.78, 5) is 33.4. The number of phenolic OH excluding ortho intramolecular Hbond substituents is 1. The first-order valence-corrected chi connectivity index (χ1v) is 10.4. The van der Waals surface area contributed by atoms with Gasteiger partial charge < -0.3 is 21.9 Å². The number of phenols is 1. The van der Waals surface area contributed by atoms with Crippen LogP contribution in [0.3, 0.4) is 0 Å². The molecule has 0 unspecified atom stereocenters. The Morgan fingerprint density at radius 1 is 1.03 bits per heavy atom. The van der Waals surface area contributed by atoms with Crippen LogP contribution in [0, 0.1) is 0 Å². The van der Waals surface area contributed by atoms with Crippen LogP contribution in [0.2, 0.25) is 0 Å². The lowest BCUT2D eigenvalue weighted by atomic mass is 10.0. The summed E-state index contributed by atoms with van der Waals surface area (Å²) in [7, 11) is 0.